The van der Waals surface area contributed by atoms with Gasteiger partial charge in [-0.15, -0.1) is 11.3 Å². The van der Waals surface area contributed by atoms with Crippen LogP contribution in [0.15, 0.2) is 15.9 Å². The van der Waals surface area contributed by atoms with Crippen molar-refractivity contribution >= 4 is 33.2 Å². The minimum absolute atomic E-state index is 0.0202. The molecule has 1 aromatic heterocycles. The summed E-state index contributed by atoms with van der Waals surface area (Å²) in [4.78, 5) is 12.5. The van der Waals surface area contributed by atoms with Gasteiger partial charge in [0.15, 0.2) is 0 Å². The van der Waals surface area contributed by atoms with Crippen molar-refractivity contribution in [2.75, 3.05) is 6.54 Å². The zero-order valence-electron chi connectivity index (χ0n) is 10.1. The molecular weight excluding hydrogens is 286 g/mol. The lowest BCUT2D eigenvalue weighted by atomic mass is 9.82. The molecule has 4 heteroatoms. The average Bonchev–Trinajstić information content (AvgIpc) is 2.59. The van der Waals surface area contributed by atoms with Crippen LogP contribution in [-0.2, 0) is 0 Å². The standard InChI is InChI=1S/C12H18BrNOS/c1-8(12(2,3)4)7-14-11(15)9-5-6-10(13)16-9/h5-6,8H,7H2,1-4H3,(H,14,15). The van der Waals surface area contributed by atoms with Gasteiger partial charge in [-0.05, 0) is 39.4 Å². The van der Waals surface area contributed by atoms with Crippen molar-refractivity contribution in [3.63, 3.8) is 0 Å². The molecule has 16 heavy (non-hydrogen) atoms. The minimum atomic E-state index is 0.0202. The average molecular weight is 304 g/mol. The van der Waals surface area contributed by atoms with Gasteiger partial charge in [0, 0.05) is 6.54 Å². The maximum absolute atomic E-state index is 11.8. The maximum atomic E-state index is 11.8. The fourth-order valence-corrected chi connectivity index (χ4v) is 2.38. The molecule has 1 amide bonds. The largest absolute Gasteiger partial charge is 0.351 e. The highest BCUT2D eigenvalue weighted by Crippen LogP contribution is 2.25. The molecule has 0 saturated carbocycles. The molecule has 0 aliphatic rings. The Labute approximate surface area is 110 Å². The van der Waals surface area contributed by atoms with E-state index in [1.807, 2.05) is 12.1 Å². The number of thiophene rings is 1. The first-order chi connectivity index (χ1) is 7.30. The van der Waals surface area contributed by atoms with Crippen LogP contribution in [0.5, 0.6) is 0 Å². The highest BCUT2D eigenvalue weighted by Gasteiger charge is 2.20. The second-order valence-corrected chi connectivity index (χ2v) is 7.54. The first-order valence-electron chi connectivity index (χ1n) is 5.34. The lowest BCUT2D eigenvalue weighted by Crippen LogP contribution is -2.33. The third-order valence-corrected chi connectivity index (χ3v) is 4.47. The number of rotatable bonds is 3. The number of nitrogens with one attached hydrogen (secondary N) is 1. The third-order valence-electron chi connectivity index (χ3n) is 2.84. The fourth-order valence-electron chi connectivity index (χ4n) is 1.08. The van der Waals surface area contributed by atoms with E-state index in [0.717, 1.165) is 15.2 Å². The zero-order valence-corrected chi connectivity index (χ0v) is 12.5. The Morgan fingerprint density at radius 1 is 1.50 bits per heavy atom. The Hall–Kier alpha value is -0.350. The summed E-state index contributed by atoms with van der Waals surface area (Å²) in [6.45, 7) is 9.44. The summed E-state index contributed by atoms with van der Waals surface area (Å²) < 4.78 is 0.988. The van der Waals surface area contributed by atoms with Gasteiger partial charge in [0.25, 0.3) is 5.91 Å². The Morgan fingerprint density at radius 2 is 2.12 bits per heavy atom. The lowest BCUT2D eigenvalue weighted by Gasteiger charge is -2.27. The van der Waals surface area contributed by atoms with Crippen LogP contribution in [0.1, 0.15) is 37.4 Å². The van der Waals surface area contributed by atoms with Crippen molar-refractivity contribution in [3.8, 4) is 0 Å². The van der Waals surface area contributed by atoms with E-state index in [-0.39, 0.29) is 11.3 Å². The Kier molecular flexibility index (Phi) is 4.56. The van der Waals surface area contributed by atoms with Crippen LogP contribution < -0.4 is 5.32 Å². The molecule has 1 rings (SSSR count). The van der Waals surface area contributed by atoms with Crippen LogP contribution in [0.4, 0.5) is 0 Å². The molecule has 0 spiro atoms. The molecule has 1 aromatic rings. The molecule has 1 heterocycles. The molecular formula is C12H18BrNOS. The van der Waals surface area contributed by atoms with Gasteiger partial charge in [0.2, 0.25) is 0 Å². The van der Waals surface area contributed by atoms with Gasteiger partial charge in [-0.3, -0.25) is 4.79 Å². The molecule has 0 radical (unpaired) electrons. The molecule has 0 fully saturated rings. The molecule has 0 saturated heterocycles. The number of halogens is 1. The zero-order chi connectivity index (χ0) is 12.3. The Balaban J connectivity index is 2.48. The highest BCUT2D eigenvalue weighted by molar-refractivity contribution is 9.11. The van der Waals surface area contributed by atoms with Gasteiger partial charge in [0.05, 0.1) is 8.66 Å². The minimum Gasteiger partial charge on any atom is -0.351 e. The summed E-state index contributed by atoms with van der Waals surface area (Å²) in [7, 11) is 0. The summed E-state index contributed by atoms with van der Waals surface area (Å²) in [5.74, 6) is 0.478. The Bertz CT molecular complexity index is 367. The van der Waals surface area contributed by atoms with E-state index in [1.165, 1.54) is 11.3 Å². The number of hydrogen-bond acceptors (Lipinski definition) is 2. The molecule has 0 aromatic carbocycles. The van der Waals surface area contributed by atoms with Crippen molar-refractivity contribution in [1.29, 1.82) is 0 Å². The van der Waals surface area contributed by atoms with Crippen molar-refractivity contribution in [2.45, 2.75) is 27.7 Å². The van der Waals surface area contributed by atoms with Gasteiger partial charge in [-0.25, -0.2) is 0 Å². The number of carbonyl (C=O) groups excluding carboxylic acids is 1. The van der Waals surface area contributed by atoms with E-state index in [2.05, 4.69) is 48.9 Å². The van der Waals surface area contributed by atoms with Crippen molar-refractivity contribution in [2.24, 2.45) is 11.3 Å². The van der Waals surface area contributed by atoms with E-state index in [0.29, 0.717) is 5.92 Å². The molecule has 0 bridgehead atoms. The van der Waals surface area contributed by atoms with Gasteiger partial charge in [0.1, 0.15) is 0 Å². The summed E-state index contributed by atoms with van der Waals surface area (Å²) >= 11 is 4.81. The van der Waals surface area contributed by atoms with Gasteiger partial charge in [-0.1, -0.05) is 27.7 Å². The van der Waals surface area contributed by atoms with Crippen LogP contribution in [0.3, 0.4) is 0 Å². The first-order valence-corrected chi connectivity index (χ1v) is 6.95. The number of carbonyl (C=O) groups is 1. The fraction of sp³-hybridized carbons (Fsp3) is 0.583. The van der Waals surface area contributed by atoms with Crippen LogP contribution in [-0.4, -0.2) is 12.5 Å². The van der Waals surface area contributed by atoms with Crippen molar-refractivity contribution < 1.29 is 4.79 Å². The van der Waals surface area contributed by atoms with Crippen LogP contribution in [0.2, 0.25) is 0 Å². The summed E-state index contributed by atoms with van der Waals surface area (Å²) in [6, 6.07) is 3.73. The topological polar surface area (TPSA) is 29.1 Å². The van der Waals surface area contributed by atoms with Gasteiger partial charge in [-0.2, -0.15) is 0 Å². The van der Waals surface area contributed by atoms with Crippen molar-refractivity contribution in [3.05, 3.63) is 20.8 Å². The number of amides is 1. The maximum Gasteiger partial charge on any atom is 0.261 e. The summed E-state index contributed by atoms with van der Waals surface area (Å²) in [5, 5.41) is 2.97. The summed E-state index contributed by atoms with van der Waals surface area (Å²) in [5.41, 5.74) is 0.226. The van der Waals surface area contributed by atoms with Gasteiger partial charge >= 0.3 is 0 Å². The summed E-state index contributed by atoms with van der Waals surface area (Å²) in [6.07, 6.45) is 0. The molecule has 2 nitrogen and oxygen atoms in total. The molecule has 1 unspecified atom stereocenters. The van der Waals surface area contributed by atoms with E-state index < -0.39 is 0 Å². The first kappa shape index (κ1) is 13.7. The molecule has 0 aliphatic carbocycles. The van der Waals surface area contributed by atoms with E-state index in [4.69, 9.17) is 0 Å². The number of hydrogen-bond donors (Lipinski definition) is 1. The molecule has 1 N–H and O–H groups in total. The quantitative estimate of drug-likeness (QED) is 0.901. The monoisotopic (exact) mass is 303 g/mol. The normalized spacial score (nSPS) is 13.6. The van der Waals surface area contributed by atoms with E-state index >= 15 is 0 Å². The Morgan fingerprint density at radius 3 is 2.56 bits per heavy atom. The lowest BCUT2D eigenvalue weighted by molar-refractivity contribution is 0.0941. The SMILES string of the molecule is CC(CNC(=O)c1ccc(Br)s1)C(C)(C)C. The van der Waals surface area contributed by atoms with Crippen molar-refractivity contribution in [1.82, 2.24) is 5.32 Å². The third kappa shape index (κ3) is 3.91. The second kappa shape index (κ2) is 5.32. The smallest absolute Gasteiger partial charge is 0.261 e. The molecule has 0 aliphatic heterocycles. The van der Waals surface area contributed by atoms with Crippen LogP contribution >= 0.6 is 27.3 Å². The van der Waals surface area contributed by atoms with E-state index in [9.17, 15) is 4.79 Å². The predicted octanol–water partition coefficient (Wildman–Crippen LogP) is 3.92. The molecule has 1 atom stereocenters. The highest BCUT2D eigenvalue weighted by atomic mass is 79.9. The second-order valence-electron chi connectivity index (χ2n) is 5.08. The van der Waals surface area contributed by atoms with Crippen LogP contribution in [0.25, 0.3) is 0 Å². The molecule has 90 valence electrons. The predicted molar refractivity (Wildman–Crippen MR) is 73.0 cm³/mol. The van der Waals surface area contributed by atoms with Gasteiger partial charge < -0.3 is 5.32 Å². The van der Waals surface area contributed by atoms with E-state index in [1.54, 1.807) is 0 Å². The van der Waals surface area contributed by atoms with Crippen LogP contribution in [0, 0.1) is 11.3 Å².